The van der Waals surface area contributed by atoms with Crippen molar-refractivity contribution in [2.45, 2.75) is 6.92 Å². The average molecular weight is 251 g/mol. The largest absolute Gasteiger partial charge is 0.309 e. The lowest BCUT2D eigenvalue weighted by atomic mass is 10.0. The molecule has 19 heavy (non-hydrogen) atoms. The van der Waals surface area contributed by atoms with Crippen molar-refractivity contribution in [1.29, 1.82) is 0 Å². The first-order valence-corrected chi connectivity index (χ1v) is 6.04. The highest BCUT2D eigenvalue weighted by molar-refractivity contribution is 5.82. The predicted molar refractivity (Wildman–Crippen MR) is 75.0 cm³/mol. The lowest BCUT2D eigenvalue weighted by Gasteiger charge is -2.11. The van der Waals surface area contributed by atoms with Crippen LogP contribution in [0, 0.1) is 6.92 Å². The van der Waals surface area contributed by atoms with Crippen molar-refractivity contribution in [2.24, 2.45) is 7.05 Å². The highest BCUT2D eigenvalue weighted by Crippen LogP contribution is 2.23. The number of pyridine rings is 1. The molecule has 0 fully saturated rings. The number of fused-ring (bicyclic) bond motifs is 1. The number of aryl methyl sites for hydroxylation is 1. The van der Waals surface area contributed by atoms with Gasteiger partial charge in [0, 0.05) is 24.2 Å². The molecule has 3 rings (SSSR count). The second kappa shape index (κ2) is 4.31. The second-order valence-corrected chi connectivity index (χ2v) is 4.54. The zero-order valence-corrected chi connectivity index (χ0v) is 10.8. The van der Waals surface area contributed by atoms with Crippen LogP contribution in [0.3, 0.4) is 0 Å². The summed E-state index contributed by atoms with van der Waals surface area (Å²) in [6.45, 7) is 2.03. The molecule has 0 saturated carbocycles. The Balaban J connectivity index is 2.40. The van der Waals surface area contributed by atoms with Gasteiger partial charge in [0.05, 0.1) is 5.69 Å². The van der Waals surface area contributed by atoms with Crippen LogP contribution in [-0.4, -0.2) is 14.5 Å². The maximum absolute atomic E-state index is 12.3. The summed E-state index contributed by atoms with van der Waals surface area (Å²) in [6.07, 6.45) is 3.07. The molecule has 0 amide bonds. The fourth-order valence-corrected chi connectivity index (χ4v) is 2.26. The Kier molecular flexibility index (Phi) is 2.63. The number of nitrogens with zero attached hydrogens (tertiary/aromatic N) is 3. The third kappa shape index (κ3) is 1.81. The smallest absolute Gasteiger partial charge is 0.277 e. The van der Waals surface area contributed by atoms with E-state index in [2.05, 4.69) is 9.97 Å². The summed E-state index contributed by atoms with van der Waals surface area (Å²) >= 11 is 0. The number of hydrogen-bond donors (Lipinski definition) is 0. The van der Waals surface area contributed by atoms with Crippen molar-refractivity contribution in [2.75, 3.05) is 0 Å². The van der Waals surface area contributed by atoms with Crippen LogP contribution in [0.2, 0.25) is 0 Å². The Hall–Kier alpha value is -2.49. The zero-order chi connectivity index (χ0) is 13.4. The van der Waals surface area contributed by atoms with Gasteiger partial charge in [0.25, 0.3) is 5.56 Å². The fourth-order valence-electron chi connectivity index (χ4n) is 2.26. The van der Waals surface area contributed by atoms with Crippen LogP contribution in [0.4, 0.5) is 0 Å². The van der Waals surface area contributed by atoms with E-state index in [0.29, 0.717) is 5.52 Å². The second-order valence-electron chi connectivity index (χ2n) is 4.54. The van der Waals surface area contributed by atoms with Gasteiger partial charge in [0.1, 0.15) is 11.8 Å². The van der Waals surface area contributed by atoms with Crippen molar-refractivity contribution >= 4 is 10.9 Å². The van der Waals surface area contributed by atoms with Gasteiger partial charge in [-0.3, -0.25) is 4.79 Å². The molecule has 0 atom stereocenters. The first-order valence-electron chi connectivity index (χ1n) is 6.04. The maximum Gasteiger partial charge on any atom is 0.277 e. The monoisotopic (exact) mass is 251 g/mol. The highest BCUT2D eigenvalue weighted by atomic mass is 16.1. The first-order chi connectivity index (χ1) is 9.18. The molecule has 0 saturated heterocycles. The molecule has 0 aliphatic heterocycles. The normalized spacial score (nSPS) is 10.8. The third-order valence-corrected chi connectivity index (χ3v) is 3.32. The minimum atomic E-state index is -0.0989. The molecule has 0 spiro atoms. The molecule has 0 radical (unpaired) electrons. The van der Waals surface area contributed by atoms with Crippen LogP contribution in [0.15, 0.2) is 47.7 Å². The molecule has 94 valence electrons. The van der Waals surface area contributed by atoms with Crippen LogP contribution in [0.25, 0.3) is 22.2 Å². The van der Waals surface area contributed by atoms with Gasteiger partial charge in [-0.15, -0.1) is 0 Å². The van der Waals surface area contributed by atoms with Crippen LogP contribution < -0.4 is 5.56 Å². The quantitative estimate of drug-likeness (QED) is 0.666. The number of aromatic nitrogens is 3. The molecular weight excluding hydrogens is 238 g/mol. The lowest BCUT2D eigenvalue weighted by molar-refractivity contribution is 0.876. The Labute approximate surface area is 110 Å². The molecule has 4 heteroatoms. The molecule has 3 aromatic rings. The van der Waals surface area contributed by atoms with E-state index in [9.17, 15) is 4.79 Å². The van der Waals surface area contributed by atoms with Crippen LogP contribution >= 0.6 is 0 Å². The number of hydrogen-bond acceptors (Lipinski definition) is 3. The van der Waals surface area contributed by atoms with Gasteiger partial charge in [-0.1, -0.05) is 24.3 Å². The zero-order valence-electron chi connectivity index (χ0n) is 10.8. The lowest BCUT2D eigenvalue weighted by Crippen LogP contribution is -2.19. The van der Waals surface area contributed by atoms with E-state index in [-0.39, 0.29) is 5.56 Å². The van der Waals surface area contributed by atoms with Crippen LogP contribution in [0.5, 0.6) is 0 Å². The maximum atomic E-state index is 12.3. The molecule has 0 aliphatic carbocycles. The van der Waals surface area contributed by atoms with Crippen molar-refractivity contribution in [3.8, 4) is 11.3 Å². The fraction of sp³-hybridized carbons (Fsp3) is 0.133. The summed E-state index contributed by atoms with van der Waals surface area (Å²) in [5.74, 6) is 0. The van der Waals surface area contributed by atoms with Gasteiger partial charge in [0.2, 0.25) is 0 Å². The van der Waals surface area contributed by atoms with Crippen molar-refractivity contribution < 1.29 is 0 Å². The molecule has 1 aromatic carbocycles. The molecular formula is C15H13N3O. The van der Waals surface area contributed by atoms with Gasteiger partial charge < -0.3 is 4.57 Å². The van der Waals surface area contributed by atoms with Gasteiger partial charge in [-0.05, 0) is 18.6 Å². The van der Waals surface area contributed by atoms with Crippen LogP contribution in [-0.2, 0) is 7.05 Å². The summed E-state index contributed by atoms with van der Waals surface area (Å²) in [5.41, 5.74) is 3.42. The first kappa shape index (κ1) is 11.6. The minimum Gasteiger partial charge on any atom is -0.309 e. The standard InChI is InChI=1S/C15H13N3O/c1-10-5-3-4-6-12(10)13-7-11-8-16-9-17-14(11)15(19)18(13)2/h3-9H,1-2H3. The molecule has 0 unspecified atom stereocenters. The molecule has 2 aromatic heterocycles. The predicted octanol–water partition coefficient (Wildman–Crippen LogP) is 2.30. The van der Waals surface area contributed by atoms with E-state index < -0.39 is 0 Å². The summed E-state index contributed by atoms with van der Waals surface area (Å²) in [4.78, 5) is 20.3. The Morgan fingerprint density at radius 3 is 2.79 bits per heavy atom. The van der Waals surface area contributed by atoms with Crippen molar-refractivity contribution in [1.82, 2.24) is 14.5 Å². The van der Waals surface area contributed by atoms with E-state index in [1.165, 1.54) is 6.33 Å². The number of benzene rings is 1. The van der Waals surface area contributed by atoms with Gasteiger partial charge in [-0.25, -0.2) is 9.97 Å². The number of rotatable bonds is 1. The highest BCUT2D eigenvalue weighted by Gasteiger charge is 2.10. The summed E-state index contributed by atoms with van der Waals surface area (Å²) in [6, 6.07) is 9.96. The van der Waals surface area contributed by atoms with E-state index in [1.807, 2.05) is 37.3 Å². The topological polar surface area (TPSA) is 47.8 Å². The van der Waals surface area contributed by atoms with E-state index in [4.69, 9.17) is 0 Å². The molecule has 0 bridgehead atoms. The summed E-state index contributed by atoms with van der Waals surface area (Å²) in [7, 11) is 1.77. The third-order valence-electron chi connectivity index (χ3n) is 3.32. The molecule has 4 nitrogen and oxygen atoms in total. The Morgan fingerprint density at radius 2 is 2.00 bits per heavy atom. The van der Waals surface area contributed by atoms with E-state index in [1.54, 1.807) is 17.8 Å². The van der Waals surface area contributed by atoms with Gasteiger partial charge in [-0.2, -0.15) is 0 Å². The van der Waals surface area contributed by atoms with Crippen molar-refractivity contribution in [3.63, 3.8) is 0 Å². The van der Waals surface area contributed by atoms with Gasteiger partial charge in [0.15, 0.2) is 0 Å². The average Bonchev–Trinajstić information content (AvgIpc) is 2.44. The molecule has 0 N–H and O–H groups in total. The van der Waals surface area contributed by atoms with E-state index in [0.717, 1.165) is 22.2 Å². The Morgan fingerprint density at radius 1 is 1.21 bits per heavy atom. The molecule has 2 heterocycles. The minimum absolute atomic E-state index is 0.0989. The van der Waals surface area contributed by atoms with Gasteiger partial charge >= 0.3 is 0 Å². The SMILES string of the molecule is Cc1ccccc1-c1cc2cncnc2c(=O)n1C. The Bertz CT molecular complexity index is 821. The summed E-state index contributed by atoms with van der Waals surface area (Å²) in [5, 5.41) is 0.767. The molecule has 0 aliphatic rings. The van der Waals surface area contributed by atoms with Crippen molar-refractivity contribution in [3.05, 3.63) is 58.8 Å². The van der Waals surface area contributed by atoms with Crippen LogP contribution in [0.1, 0.15) is 5.56 Å². The summed E-state index contributed by atoms with van der Waals surface area (Å²) < 4.78 is 1.64. The van der Waals surface area contributed by atoms with E-state index >= 15 is 0 Å².